The smallest absolute Gasteiger partial charge is 0.262 e. The second-order valence-electron chi connectivity index (χ2n) is 6.88. The van der Waals surface area contributed by atoms with Crippen molar-refractivity contribution < 1.29 is 9.53 Å². The molecule has 0 unspecified atom stereocenters. The fourth-order valence-corrected chi connectivity index (χ4v) is 4.58. The largest absolute Gasteiger partial charge is 0.484 e. The van der Waals surface area contributed by atoms with E-state index in [0.717, 1.165) is 36.4 Å². The van der Waals surface area contributed by atoms with Crippen LogP contribution in [0.25, 0.3) is 20.8 Å². The van der Waals surface area contributed by atoms with E-state index in [1.807, 2.05) is 68.4 Å². The molecule has 4 rings (SSSR count). The quantitative estimate of drug-likeness (QED) is 0.320. The topological polar surface area (TPSA) is 51.2 Å². The molecule has 0 saturated heterocycles. The summed E-state index contributed by atoms with van der Waals surface area (Å²) in [7, 11) is 0. The Morgan fingerprint density at radius 2 is 1.87 bits per heavy atom. The molecule has 4 nitrogen and oxygen atoms in total. The van der Waals surface area contributed by atoms with Gasteiger partial charge in [-0.2, -0.15) is 0 Å². The summed E-state index contributed by atoms with van der Waals surface area (Å²) in [5, 5.41) is 4.50. The first-order valence-corrected chi connectivity index (χ1v) is 11.2. The third-order valence-electron chi connectivity index (χ3n) is 4.56. The Kier molecular flexibility index (Phi) is 6.09. The number of carbonyl (C=O) groups excluding carboxylic acids is 1. The maximum atomic E-state index is 12.6. The first-order chi connectivity index (χ1) is 14.4. The molecule has 4 aromatic rings. The molecule has 7 heteroatoms. The third kappa shape index (κ3) is 4.51. The predicted molar refractivity (Wildman–Crippen MR) is 128 cm³/mol. The van der Waals surface area contributed by atoms with Gasteiger partial charge in [0, 0.05) is 15.1 Å². The van der Waals surface area contributed by atoms with Gasteiger partial charge in [0.15, 0.2) is 6.61 Å². The predicted octanol–water partition coefficient (Wildman–Crippen LogP) is 7.01. The molecule has 0 atom stereocenters. The van der Waals surface area contributed by atoms with Gasteiger partial charge in [-0.15, -0.1) is 11.3 Å². The van der Waals surface area contributed by atoms with Crippen LogP contribution in [0.1, 0.15) is 11.1 Å². The molecule has 1 N–H and O–H groups in total. The highest BCUT2D eigenvalue weighted by atomic mass is 79.9. The number of rotatable bonds is 5. The molecule has 0 spiro atoms. The Hall–Kier alpha value is -2.41. The lowest BCUT2D eigenvalue weighted by molar-refractivity contribution is -0.118. The molecule has 1 heterocycles. The number of fused-ring (bicyclic) bond motifs is 1. The normalized spacial score (nSPS) is 10.9. The number of anilines is 1. The van der Waals surface area contributed by atoms with Crippen LogP contribution < -0.4 is 10.1 Å². The number of nitrogens with one attached hydrogen (secondary N) is 1. The SMILES string of the molecule is Cc1cc(OCC(=O)Nc2ccc(Br)cc2-c2nc3ccccc3s2)cc(C)c1Cl. The van der Waals surface area contributed by atoms with E-state index in [-0.39, 0.29) is 12.5 Å². The van der Waals surface area contributed by atoms with Crippen molar-refractivity contribution in [1.82, 2.24) is 4.98 Å². The van der Waals surface area contributed by atoms with Gasteiger partial charge in [0.1, 0.15) is 10.8 Å². The first-order valence-electron chi connectivity index (χ1n) is 9.25. The first kappa shape index (κ1) is 20.8. The average molecular weight is 502 g/mol. The van der Waals surface area contributed by atoms with Crippen LogP contribution in [0.2, 0.25) is 5.02 Å². The average Bonchev–Trinajstić information content (AvgIpc) is 3.15. The van der Waals surface area contributed by atoms with Crippen molar-refractivity contribution in [1.29, 1.82) is 0 Å². The Balaban J connectivity index is 1.54. The van der Waals surface area contributed by atoms with Crippen molar-refractivity contribution in [3.63, 3.8) is 0 Å². The number of carbonyl (C=O) groups is 1. The second kappa shape index (κ2) is 8.76. The molecule has 0 saturated carbocycles. The number of hydrogen-bond acceptors (Lipinski definition) is 4. The molecule has 0 radical (unpaired) electrons. The van der Waals surface area contributed by atoms with Gasteiger partial charge in [-0.25, -0.2) is 4.98 Å². The summed E-state index contributed by atoms with van der Waals surface area (Å²) in [6, 6.07) is 17.3. The monoisotopic (exact) mass is 500 g/mol. The van der Waals surface area contributed by atoms with Gasteiger partial charge in [0.25, 0.3) is 5.91 Å². The number of halogens is 2. The molecule has 0 aliphatic carbocycles. The summed E-state index contributed by atoms with van der Waals surface area (Å²) in [5.41, 5.74) is 4.31. The van der Waals surface area contributed by atoms with Gasteiger partial charge < -0.3 is 10.1 Å². The molecule has 3 aromatic carbocycles. The lowest BCUT2D eigenvalue weighted by Gasteiger charge is -2.12. The van der Waals surface area contributed by atoms with Gasteiger partial charge in [-0.1, -0.05) is 39.7 Å². The number of ether oxygens (including phenoxy) is 1. The molecular formula is C23H18BrClN2O2S. The standard InChI is InChI=1S/C23H18BrClN2O2S/c1-13-9-16(10-14(2)22(13)25)29-12-21(28)26-18-8-7-15(24)11-17(18)23-27-19-5-3-4-6-20(19)30-23/h3-11H,12H2,1-2H3,(H,26,28). The summed E-state index contributed by atoms with van der Waals surface area (Å²) in [6.45, 7) is 3.72. The Morgan fingerprint density at radius 3 is 2.60 bits per heavy atom. The summed E-state index contributed by atoms with van der Waals surface area (Å²) < 4.78 is 7.69. The van der Waals surface area contributed by atoms with E-state index in [0.29, 0.717) is 16.5 Å². The summed E-state index contributed by atoms with van der Waals surface area (Å²) in [6.07, 6.45) is 0. The highest BCUT2D eigenvalue weighted by Crippen LogP contribution is 2.36. The third-order valence-corrected chi connectivity index (χ3v) is 6.72. The number of thiazole rings is 1. The molecule has 0 bridgehead atoms. The van der Waals surface area contributed by atoms with Gasteiger partial charge in [0.05, 0.1) is 15.9 Å². The van der Waals surface area contributed by atoms with Crippen molar-refractivity contribution in [2.24, 2.45) is 0 Å². The van der Waals surface area contributed by atoms with Crippen molar-refractivity contribution in [2.75, 3.05) is 11.9 Å². The van der Waals surface area contributed by atoms with Crippen LogP contribution in [0.5, 0.6) is 5.75 Å². The van der Waals surface area contributed by atoms with Crippen molar-refractivity contribution in [3.8, 4) is 16.3 Å². The van der Waals surface area contributed by atoms with Crippen molar-refractivity contribution in [2.45, 2.75) is 13.8 Å². The molecule has 0 aliphatic rings. The number of benzene rings is 3. The fraction of sp³-hybridized carbons (Fsp3) is 0.130. The molecule has 30 heavy (non-hydrogen) atoms. The van der Waals surface area contributed by atoms with Crippen LogP contribution in [0.15, 0.2) is 59.1 Å². The zero-order valence-electron chi connectivity index (χ0n) is 16.3. The number of amides is 1. The fourth-order valence-electron chi connectivity index (χ4n) is 3.11. The number of aromatic nitrogens is 1. The minimum Gasteiger partial charge on any atom is -0.484 e. The summed E-state index contributed by atoms with van der Waals surface area (Å²) in [5.74, 6) is 0.372. The lowest BCUT2D eigenvalue weighted by Crippen LogP contribution is -2.20. The van der Waals surface area contributed by atoms with Crippen molar-refractivity contribution in [3.05, 3.63) is 75.2 Å². The van der Waals surface area contributed by atoms with Crippen molar-refractivity contribution >= 4 is 60.7 Å². The summed E-state index contributed by atoms with van der Waals surface area (Å²) >= 11 is 11.3. The Morgan fingerprint density at radius 1 is 1.13 bits per heavy atom. The van der Waals surface area contributed by atoms with Crippen LogP contribution in [-0.2, 0) is 4.79 Å². The molecular weight excluding hydrogens is 484 g/mol. The lowest BCUT2D eigenvalue weighted by atomic mass is 10.1. The number of hydrogen-bond donors (Lipinski definition) is 1. The van der Waals surface area contributed by atoms with Crippen LogP contribution >= 0.6 is 38.9 Å². The van der Waals surface area contributed by atoms with Crippen LogP contribution in [0.3, 0.4) is 0 Å². The highest BCUT2D eigenvalue weighted by molar-refractivity contribution is 9.10. The molecule has 1 amide bonds. The van der Waals surface area contributed by atoms with E-state index in [1.165, 1.54) is 0 Å². The molecule has 0 fully saturated rings. The molecule has 1 aromatic heterocycles. The molecule has 152 valence electrons. The van der Waals surface area contributed by atoms with Crippen LogP contribution in [-0.4, -0.2) is 17.5 Å². The Labute approximate surface area is 192 Å². The highest BCUT2D eigenvalue weighted by Gasteiger charge is 2.14. The minimum absolute atomic E-state index is 0.101. The van der Waals surface area contributed by atoms with E-state index >= 15 is 0 Å². The van der Waals surface area contributed by atoms with Gasteiger partial charge in [-0.05, 0) is 67.4 Å². The van der Waals surface area contributed by atoms with E-state index in [9.17, 15) is 4.79 Å². The van der Waals surface area contributed by atoms with Crippen LogP contribution in [0, 0.1) is 13.8 Å². The van der Waals surface area contributed by atoms with E-state index in [2.05, 4.69) is 21.2 Å². The van der Waals surface area contributed by atoms with Gasteiger partial charge in [0.2, 0.25) is 0 Å². The zero-order valence-corrected chi connectivity index (χ0v) is 19.5. The van der Waals surface area contributed by atoms with E-state index < -0.39 is 0 Å². The number of aryl methyl sites for hydroxylation is 2. The van der Waals surface area contributed by atoms with E-state index in [1.54, 1.807) is 11.3 Å². The number of para-hydroxylation sites is 1. The maximum absolute atomic E-state index is 12.6. The van der Waals surface area contributed by atoms with Gasteiger partial charge >= 0.3 is 0 Å². The second-order valence-corrected chi connectivity index (χ2v) is 9.21. The van der Waals surface area contributed by atoms with E-state index in [4.69, 9.17) is 21.3 Å². The molecule has 0 aliphatic heterocycles. The minimum atomic E-state index is -0.245. The van der Waals surface area contributed by atoms with Crippen LogP contribution in [0.4, 0.5) is 5.69 Å². The Bertz CT molecular complexity index is 1200. The van der Waals surface area contributed by atoms with Gasteiger partial charge in [-0.3, -0.25) is 4.79 Å². The zero-order chi connectivity index (χ0) is 21.3. The maximum Gasteiger partial charge on any atom is 0.262 e. The number of nitrogens with zero attached hydrogens (tertiary/aromatic N) is 1. The summed E-state index contributed by atoms with van der Waals surface area (Å²) in [4.78, 5) is 17.3.